The SMILES string of the molecule is CC(C(=O)Nc1ccccc1)N1C(=O)c2ccccc2C1c1c[nH]c2ccccc12. The number of nitrogens with one attached hydrogen (secondary N) is 2. The van der Waals surface area contributed by atoms with E-state index in [2.05, 4.69) is 10.3 Å². The van der Waals surface area contributed by atoms with E-state index in [-0.39, 0.29) is 17.9 Å². The molecule has 0 saturated carbocycles. The van der Waals surface area contributed by atoms with Gasteiger partial charge in [0.2, 0.25) is 5.91 Å². The van der Waals surface area contributed by atoms with Crippen molar-refractivity contribution < 1.29 is 9.59 Å². The van der Waals surface area contributed by atoms with Gasteiger partial charge >= 0.3 is 0 Å². The number of carbonyl (C=O) groups is 2. The van der Waals surface area contributed by atoms with Crippen LogP contribution in [0, 0.1) is 0 Å². The molecular weight excluding hydrogens is 374 g/mol. The molecule has 2 unspecified atom stereocenters. The second kappa shape index (κ2) is 7.19. The Morgan fingerprint density at radius 1 is 0.933 bits per heavy atom. The quantitative estimate of drug-likeness (QED) is 0.524. The number of hydrogen-bond donors (Lipinski definition) is 2. The number of hydrogen-bond acceptors (Lipinski definition) is 2. The molecule has 1 aromatic heterocycles. The van der Waals surface area contributed by atoms with Crippen molar-refractivity contribution in [2.45, 2.75) is 19.0 Å². The molecule has 148 valence electrons. The Labute approximate surface area is 174 Å². The fraction of sp³-hybridized carbons (Fsp3) is 0.120. The van der Waals surface area contributed by atoms with Crippen LogP contribution in [0.5, 0.6) is 0 Å². The van der Waals surface area contributed by atoms with Crippen LogP contribution in [0.4, 0.5) is 5.69 Å². The molecule has 0 saturated heterocycles. The first-order valence-electron chi connectivity index (χ1n) is 9.98. The van der Waals surface area contributed by atoms with E-state index in [1.807, 2.05) is 85.1 Å². The average molecular weight is 395 g/mol. The first-order chi connectivity index (χ1) is 14.6. The summed E-state index contributed by atoms with van der Waals surface area (Å²) in [6.45, 7) is 1.78. The zero-order valence-corrected chi connectivity index (χ0v) is 16.5. The summed E-state index contributed by atoms with van der Waals surface area (Å²) >= 11 is 0. The van der Waals surface area contributed by atoms with Gasteiger partial charge in [0.15, 0.2) is 0 Å². The molecule has 1 aliphatic heterocycles. The summed E-state index contributed by atoms with van der Waals surface area (Å²) < 4.78 is 0. The van der Waals surface area contributed by atoms with E-state index < -0.39 is 6.04 Å². The normalized spacial score (nSPS) is 16.5. The van der Waals surface area contributed by atoms with Gasteiger partial charge in [-0.1, -0.05) is 54.6 Å². The maximum atomic E-state index is 13.4. The van der Waals surface area contributed by atoms with E-state index in [0.717, 1.165) is 22.0 Å². The van der Waals surface area contributed by atoms with Gasteiger partial charge in [-0.05, 0) is 36.8 Å². The van der Waals surface area contributed by atoms with E-state index in [9.17, 15) is 9.59 Å². The smallest absolute Gasteiger partial charge is 0.255 e. The lowest BCUT2D eigenvalue weighted by atomic mass is 9.97. The van der Waals surface area contributed by atoms with Crippen LogP contribution in [0.3, 0.4) is 0 Å². The Hall–Kier alpha value is -3.86. The Kier molecular flexibility index (Phi) is 4.36. The minimum absolute atomic E-state index is 0.128. The van der Waals surface area contributed by atoms with Gasteiger partial charge in [0.05, 0.1) is 6.04 Å². The van der Waals surface area contributed by atoms with Gasteiger partial charge in [-0.25, -0.2) is 0 Å². The first-order valence-corrected chi connectivity index (χ1v) is 9.98. The molecule has 2 heterocycles. The zero-order chi connectivity index (χ0) is 20.7. The van der Waals surface area contributed by atoms with Crippen LogP contribution in [0.2, 0.25) is 0 Å². The molecule has 1 aliphatic rings. The van der Waals surface area contributed by atoms with Crippen molar-refractivity contribution in [2.24, 2.45) is 0 Å². The summed E-state index contributed by atoms with van der Waals surface area (Å²) in [4.78, 5) is 31.4. The van der Waals surface area contributed by atoms with Crippen LogP contribution in [0.15, 0.2) is 85.1 Å². The average Bonchev–Trinajstić information content (AvgIpc) is 3.33. The van der Waals surface area contributed by atoms with E-state index in [4.69, 9.17) is 0 Å². The molecule has 30 heavy (non-hydrogen) atoms. The van der Waals surface area contributed by atoms with Crippen molar-refractivity contribution in [2.75, 3.05) is 5.32 Å². The third-order valence-corrected chi connectivity index (χ3v) is 5.75. The Morgan fingerprint density at radius 3 is 2.47 bits per heavy atom. The zero-order valence-electron chi connectivity index (χ0n) is 16.5. The number of aromatic amines is 1. The minimum atomic E-state index is -0.649. The number of nitrogens with zero attached hydrogens (tertiary/aromatic N) is 1. The van der Waals surface area contributed by atoms with Gasteiger partial charge in [-0.3, -0.25) is 9.59 Å². The monoisotopic (exact) mass is 395 g/mol. The molecule has 4 aromatic rings. The molecule has 5 rings (SSSR count). The molecule has 2 amide bonds. The Balaban J connectivity index is 1.57. The van der Waals surface area contributed by atoms with E-state index in [1.54, 1.807) is 11.8 Å². The lowest BCUT2D eigenvalue weighted by Gasteiger charge is -2.30. The molecule has 2 N–H and O–H groups in total. The molecule has 5 heteroatoms. The van der Waals surface area contributed by atoms with Crippen LogP contribution >= 0.6 is 0 Å². The van der Waals surface area contributed by atoms with Gasteiger partial charge in [0.25, 0.3) is 5.91 Å². The molecule has 0 spiro atoms. The lowest BCUT2D eigenvalue weighted by molar-refractivity contribution is -0.120. The number of benzene rings is 3. The summed E-state index contributed by atoms with van der Waals surface area (Å²) in [7, 11) is 0. The predicted octanol–water partition coefficient (Wildman–Crippen LogP) is 4.74. The Morgan fingerprint density at radius 2 is 1.63 bits per heavy atom. The van der Waals surface area contributed by atoms with Crippen LogP contribution in [0.25, 0.3) is 10.9 Å². The van der Waals surface area contributed by atoms with Crippen molar-refractivity contribution in [3.05, 3.63) is 102 Å². The van der Waals surface area contributed by atoms with E-state index in [1.165, 1.54) is 0 Å². The highest BCUT2D eigenvalue weighted by Gasteiger charge is 2.42. The molecule has 0 aliphatic carbocycles. The number of H-pyrrole nitrogens is 1. The van der Waals surface area contributed by atoms with Gasteiger partial charge < -0.3 is 15.2 Å². The number of amides is 2. The highest BCUT2D eigenvalue weighted by molar-refractivity contribution is 6.05. The topological polar surface area (TPSA) is 65.2 Å². The maximum Gasteiger partial charge on any atom is 0.255 e. The standard InChI is InChI=1S/C25H21N3O2/c1-16(24(29)27-17-9-3-2-4-10-17)28-23(19-12-5-6-13-20(19)25(28)30)21-15-26-22-14-8-7-11-18(21)22/h2-16,23,26H,1H3,(H,27,29). The van der Waals surface area contributed by atoms with Gasteiger partial charge in [-0.2, -0.15) is 0 Å². The van der Waals surface area contributed by atoms with Gasteiger partial charge in [0.1, 0.15) is 6.04 Å². The second-order valence-corrected chi connectivity index (χ2v) is 7.52. The summed E-state index contributed by atoms with van der Waals surface area (Å²) in [6.07, 6.45) is 1.94. The van der Waals surface area contributed by atoms with Crippen molar-refractivity contribution in [1.29, 1.82) is 0 Å². The van der Waals surface area contributed by atoms with Crippen molar-refractivity contribution in [1.82, 2.24) is 9.88 Å². The third kappa shape index (κ3) is 2.87. The molecule has 0 radical (unpaired) electrons. The molecular formula is C25H21N3O2. The number of aromatic nitrogens is 1. The number of para-hydroxylation sites is 2. The predicted molar refractivity (Wildman–Crippen MR) is 117 cm³/mol. The number of rotatable bonds is 4. The number of fused-ring (bicyclic) bond motifs is 2. The highest BCUT2D eigenvalue weighted by Crippen LogP contribution is 2.42. The molecule has 3 aromatic carbocycles. The lowest BCUT2D eigenvalue weighted by Crippen LogP contribution is -2.44. The molecule has 0 bridgehead atoms. The van der Waals surface area contributed by atoms with Crippen molar-refractivity contribution in [3.8, 4) is 0 Å². The largest absolute Gasteiger partial charge is 0.361 e. The third-order valence-electron chi connectivity index (χ3n) is 5.75. The fourth-order valence-corrected chi connectivity index (χ4v) is 4.27. The summed E-state index contributed by atoms with van der Waals surface area (Å²) in [6, 6.07) is 23.9. The summed E-state index contributed by atoms with van der Waals surface area (Å²) in [5, 5.41) is 3.98. The molecule has 2 atom stereocenters. The second-order valence-electron chi connectivity index (χ2n) is 7.52. The van der Waals surface area contributed by atoms with E-state index in [0.29, 0.717) is 11.3 Å². The van der Waals surface area contributed by atoms with Crippen LogP contribution in [-0.4, -0.2) is 27.7 Å². The van der Waals surface area contributed by atoms with Gasteiger partial charge in [-0.15, -0.1) is 0 Å². The number of anilines is 1. The summed E-state index contributed by atoms with van der Waals surface area (Å²) in [5.74, 6) is -0.344. The van der Waals surface area contributed by atoms with Crippen LogP contribution in [0.1, 0.15) is 34.5 Å². The first kappa shape index (κ1) is 18.2. The van der Waals surface area contributed by atoms with Crippen LogP contribution < -0.4 is 5.32 Å². The molecule has 0 fully saturated rings. The molecule has 5 nitrogen and oxygen atoms in total. The fourth-order valence-electron chi connectivity index (χ4n) is 4.27. The Bertz CT molecular complexity index is 1250. The van der Waals surface area contributed by atoms with Crippen LogP contribution in [-0.2, 0) is 4.79 Å². The van der Waals surface area contributed by atoms with Crippen molar-refractivity contribution in [3.63, 3.8) is 0 Å². The number of carbonyl (C=O) groups excluding carboxylic acids is 2. The highest BCUT2D eigenvalue weighted by atomic mass is 16.2. The van der Waals surface area contributed by atoms with Gasteiger partial charge in [0, 0.05) is 33.9 Å². The van der Waals surface area contributed by atoms with Crippen molar-refractivity contribution >= 4 is 28.4 Å². The summed E-state index contributed by atoms with van der Waals surface area (Å²) in [5.41, 5.74) is 4.27. The van der Waals surface area contributed by atoms with E-state index >= 15 is 0 Å². The minimum Gasteiger partial charge on any atom is -0.361 e. The maximum absolute atomic E-state index is 13.4.